The Morgan fingerprint density at radius 2 is 1.26 bits per heavy atom. The Morgan fingerprint density at radius 3 is 2.04 bits per heavy atom. The minimum atomic E-state index is -3.07. The average molecular weight is 702 g/mol. The lowest BCUT2D eigenvalue weighted by Gasteiger charge is -2.44. The molecule has 0 saturated heterocycles. The third kappa shape index (κ3) is 4.87. The number of para-hydroxylation sites is 1. The number of nitrogens with zero attached hydrogens (tertiary/aromatic N) is 3. The van der Waals surface area contributed by atoms with Gasteiger partial charge in [-0.3, -0.25) is 9.88 Å². The lowest BCUT2D eigenvalue weighted by atomic mass is 9.99. The van der Waals surface area contributed by atoms with Crippen LogP contribution >= 0.6 is 0 Å². The number of aromatic nitrogens is 2. The molecule has 0 radical (unpaired) electrons. The molecule has 9 aromatic rings. The fraction of sp³-hybridized carbons (Fsp3) is 0.0213. The zero-order chi connectivity index (χ0) is 35.4. The van der Waals surface area contributed by atoms with Crippen LogP contribution in [0.2, 0.25) is 0 Å². The van der Waals surface area contributed by atoms with Crippen LogP contribution in [0.3, 0.4) is 0 Å². The smallest absolute Gasteiger partial charge is 0.187 e. The first-order valence-corrected chi connectivity index (χ1v) is 19.8. The average Bonchev–Trinajstić information content (AvgIpc) is 3.62. The van der Waals surface area contributed by atoms with Crippen LogP contribution in [0.4, 0.5) is 21.6 Å². The van der Waals surface area contributed by atoms with E-state index < -0.39 is 14.2 Å². The van der Waals surface area contributed by atoms with E-state index in [2.05, 4.69) is 107 Å². The Kier molecular flexibility index (Phi) is 7.37. The van der Waals surface area contributed by atoms with Crippen LogP contribution < -0.4 is 25.6 Å². The molecule has 0 N–H and O–H groups in total. The highest BCUT2D eigenvalue weighted by atomic mass is 28.3. The van der Waals surface area contributed by atoms with Crippen molar-refractivity contribution in [3.05, 3.63) is 199 Å². The number of hydrogen-bond donors (Lipinski definition) is 0. The van der Waals surface area contributed by atoms with Crippen molar-refractivity contribution in [1.82, 2.24) is 9.97 Å². The van der Waals surface area contributed by atoms with Crippen molar-refractivity contribution < 1.29 is 8.81 Å². The summed E-state index contributed by atoms with van der Waals surface area (Å²) in [5, 5.41) is 7.06. The van der Waals surface area contributed by atoms with E-state index in [0.29, 0.717) is 11.1 Å². The van der Waals surface area contributed by atoms with Gasteiger partial charge in [0, 0.05) is 40.1 Å². The molecule has 252 valence electrons. The second kappa shape index (κ2) is 12.5. The fourth-order valence-corrected chi connectivity index (χ4v) is 13.6. The van der Waals surface area contributed by atoms with Crippen LogP contribution in [0.25, 0.3) is 33.2 Å². The largest absolute Gasteiger partial charge is 0.456 e. The van der Waals surface area contributed by atoms with E-state index in [1.807, 2.05) is 85.1 Å². The van der Waals surface area contributed by atoms with Gasteiger partial charge < -0.3 is 4.42 Å². The summed E-state index contributed by atoms with van der Waals surface area (Å²) in [5.41, 5.74) is 6.37. The Bertz CT molecular complexity index is 2730. The zero-order valence-electron chi connectivity index (χ0n) is 28.6. The lowest BCUT2D eigenvalue weighted by molar-refractivity contribution is 0.402. The van der Waals surface area contributed by atoms with Crippen LogP contribution in [-0.4, -0.2) is 18.0 Å². The SMILES string of the molecule is FC(c1cccc(-c2ccccn2)c1)c1cccc(N2c3ccc4oc5ccccc5c4c3[Si](c3ccccc3)(c3ccccc3)c3cccnc32)c1. The Labute approximate surface area is 307 Å². The topological polar surface area (TPSA) is 42.2 Å². The number of fused-ring (bicyclic) bond motifs is 6. The molecule has 1 aliphatic rings. The van der Waals surface area contributed by atoms with Gasteiger partial charge in [0.05, 0.1) is 5.69 Å². The minimum absolute atomic E-state index is 0.565. The van der Waals surface area contributed by atoms with Gasteiger partial charge in [0.2, 0.25) is 0 Å². The van der Waals surface area contributed by atoms with Gasteiger partial charge in [-0.2, -0.15) is 0 Å². The van der Waals surface area contributed by atoms with Crippen LogP contribution in [-0.2, 0) is 0 Å². The van der Waals surface area contributed by atoms with E-state index in [0.717, 1.165) is 55.6 Å². The summed E-state index contributed by atoms with van der Waals surface area (Å²) in [4.78, 5) is 11.9. The maximum atomic E-state index is 16.7. The Balaban J connectivity index is 1.24. The van der Waals surface area contributed by atoms with E-state index in [4.69, 9.17) is 9.40 Å². The van der Waals surface area contributed by atoms with Gasteiger partial charge in [-0.05, 0) is 86.5 Å². The van der Waals surface area contributed by atoms with Crippen molar-refractivity contribution in [3.8, 4) is 11.3 Å². The van der Waals surface area contributed by atoms with Crippen molar-refractivity contribution in [2.24, 2.45) is 0 Å². The highest BCUT2D eigenvalue weighted by Crippen LogP contribution is 2.42. The number of anilines is 3. The first kappa shape index (κ1) is 31.1. The molecule has 0 aliphatic carbocycles. The van der Waals surface area contributed by atoms with Crippen molar-refractivity contribution >= 4 is 68.0 Å². The molecule has 6 heteroatoms. The van der Waals surface area contributed by atoms with Crippen LogP contribution in [0.15, 0.2) is 193 Å². The molecule has 4 heterocycles. The van der Waals surface area contributed by atoms with Crippen LogP contribution in [0, 0.1) is 0 Å². The summed E-state index contributed by atoms with van der Waals surface area (Å²) < 4.78 is 23.3. The third-order valence-corrected chi connectivity index (χ3v) is 15.4. The highest BCUT2D eigenvalue weighted by Gasteiger charge is 2.51. The van der Waals surface area contributed by atoms with Gasteiger partial charge in [-0.15, -0.1) is 0 Å². The van der Waals surface area contributed by atoms with E-state index in [1.54, 1.807) is 6.20 Å². The van der Waals surface area contributed by atoms with E-state index in [1.165, 1.54) is 15.6 Å². The van der Waals surface area contributed by atoms with Crippen molar-refractivity contribution in [2.75, 3.05) is 4.90 Å². The van der Waals surface area contributed by atoms with Gasteiger partial charge >= 0.3 is 0 Å². The molecule has 4 nitrogen and oxygen atoms in total. The first-order chi connectivity index (χ1) is 26.2. The molecule has 0 amide bonds. The summed E-state index contributed by atoms with van der Waals surface area (Å²) in [6, 6.07) is 59.8. The number of rotatable bonds is 6. The van der Waals surface area contributed by atoms with E-state index in [-0.39, 0.29) is 0 Å². The molecule has 3 aromatic heterocycles. The monoisotopic (exact) mass is 701 g/mol. The van der Waals surface area contributed by atoms with E-state index >= 15 is 4.39 Å². The molecule has 53 heavy (non-hydrogen) atoms. The Morgan fingerprint density at radius 1 is 0.566 bits per heavy atom. The molecule has 0 spiro atoms. The number of alkyl halides is 1. The fourth-order valence-electron chi connectivity index (χ4n) is 8.30. The summed E-state index contributed by atoms with van der Waals surface area (Å²) >= 11 is 0. The molecule has 10 rings (SSSR count). The number of hydrogen-bond acceptors (Lipinski definition) is 4. The summed E-state index contributed by atoms with van der Waals surface area (Å²) in [7, 11) is -3.07. The molecular weight excluding hydrogens is 670 g/mol. The van der Waals surface area contributed by atoms with Crippen LogP contribution in [0.5, 0.6) is 0 Å². The first-order valence-electron chi connectivity index (χ1n) is 17.8. The molecule has 1 aliphatic heterocycles. The molecule has 0 saturated carbocycles. The predicted octanol–water partition coefficient (Wildman–Crippen LogP) is 9.26. The minimum Gasteiger partial charge on any atom is -0.456 e. The molecule has 6 aromatic carbocycles. The second-order valence-corrected chi connectivity index (χ2v) is 17.1. The number of halogens is 1. The molecule has 0 bridgehead atoms. The maximum absolute atomic E-state index is 16.7. The standard InChI is InChI=1S/C47H32FN3OSi/c48-45(33-15-11-14-32(30-33)39-23-9-10-28-49-39)34-16-12-17-35(31-34)51-40-26-27-42-44(38-22-7-8-24-41(38)52-42)46(40)53(36-18-3-1-4-19-36,37-20-5-2-6-21-37)43-25-13-29-50-47(43)51/h1-31,45H. The van der Waals surface area contributed by atoms with Crippen molar-refractivity contribution in [3.63, 3.8) is 0 Å². The second-order valence-electron chi connectivity index (χ2n) is 13.4. The number of pyridine rings is 2. The highest BCUT2D eigenvalue weighted by molar-refractivity contribution is 7.22. The molecule has 1 unspecified atom stereocenters. The maximum Gasteiger partial charge on any atom is 0.187 e. The van der Waals surface area contributed by atoms with Gasteiger partial charge in [-0.25, -0.2) is 9.37 Å². The molecule has 0 fully saturated rings. The van der Waals surface area contributed by atoms with Gasteiger partial charge in [0.25, 0.3) is 0 Å². The summed E-state index contributed by atoms with van der Waals surface area (Å²) in [6.45, 7) is 0. The van der Waals surface area contributed by atoms with Gasteiger partial charge in [0.15, 0.2) is 14.2 Å². The third-order valence-electron chi connectivity index (χ3n) is 10.5. The van der Waals surface area contributed by atoms with Gasteiger partial charge in [0.1, 0.15) is 17.0 Å². The van der Waals surface area contributed by atoms with E-state index in [9.17, 15) is 0 Å². The van der Waals surface area contributed by atoms with Crippen molar-refractivity contribution in [2.45, 2.75) is 6.17 Å². The lowest BCUT2D eigenvalue weighted by Crippen LogP contribution is -2.77. The number of furan rings is 1. The normalized spacial score (nSPS) is 13.8. The quantitative estimate of drug-likeness (QED) is 0.162. The zero-order valence-corrected chi connectivity index (χ0v) is 29.6. The summed E-state index contributed by atoms with van der Waals surface area (Å²) in [6.07, 6.45) is 2.27. The molecule has 1 atom stereocenters. The van der Waals surface area contributed by atoms with Crippen molar-refractivity contribution in [1.29, 1.82) is 0 Å². The predicted molar refractivity (Wildman–Crippen MR) is 216 cm³/mol. The number of benzene rings is 6. The Hall–Kier alpha value is -6.63. The summed E-state index contributed by atoms with van der Waals surface area (Å²) in [5.74, 6) is 0.844. The van der Waals surface area contributed by atoms with Gasteiger partial charge in [-0.1, -0.05) is 121 Å². The van der Waals surface area contributed by atoms with Crippen LogP contribution in [0.1, 0.15) is 17.3 Å². The molecular formula is C47H32FN3OSi.